The van der Waals surface area contributed by atoms with Gasteiger partial charge in [-0.1, -0.05) is 35.2 Å². The minimum absolute atomic E-state index is 0.187. The summed E-state index contributed by atoms with van der Waals surface area (Å²) < 4.78 is 11.1. The molecule has 0 spiro atoms. The number of rotatable bonds is 6. The van der Waals surface area contributed by atoms with Crippen LogP contribution in [0.5, 0.6) is 0 Å². The van der Waals surface area contributed by atoms with Crippen molar-refractivity contribution in [1.29, 1.82) is 0 Å². The van der Waals surface area contributed by atoms with Crippen molar-refractivity contribution >= 4 is 56.0 Å². The summed E-state index contributed by atoms with van der Waals surface area (Å²) in [5.41, 5.74) is 1.54. The predicted molar refractivity (Wildman–Crippen MR) is 102 cm³/mol. The van der Waals surface area contributed by atoms with Crippen molar-refractivity contribution in [1.82, 2.24) is 10.2 Å². The summed E-state index contributed by atoms with van der Waals surface area (Å²) in [6.45, 7) is 0. The van der Waals surface area contributed by atoms with Gasteiger partial charge < -0.3 is 9.15 Å². The van der Waals surface area contributed by atoms with Crippen LogP contribution in [0.1, 0.15) is 26.5 Å². The van der Waals surface area contributed by atoms with Crippen LogP contribution in [0.25, 0.3) is 0 Å². The fraction of sp³-hybridized carbons (Fsp3) is 0.125. The van der Waals surface area contributed by atoms with Gasteiger partial charge in [0.1, 0.15) is 0 Å². The van der Waals surface area contributed by atoms with Gasteiger partial charge in [0.25, 0.3) is 5.91 Å². The minimum Gasteiger partial charge on any atom is -0.465 e. The summed E-state index contributed by atoms with van der Waals surface area (Å²) in [6.07, 6.45) is 0. The summed E-state index contributed by atoms with van der Waals surface area (Å²) in [5.74, 6) is 0.0980. The van der Waals surface area contributed by atoms with Crippen molar-refractivity contribution in [3.05, 3.63) is 58.0 Å². The highest BCUT2D eigenvalue weighted by molar-refractivity contribution is 9.10. The van der Waals surface area contributed by atoms with Crippen molar-refractivity contribution < 1.29 is 18.7 Å². The fourth-order valence-corrected chi connectivity index (χ4v) is 3.92. The molecule has 2 heterocycles. The Morgan fingerprint density at radius 3 is 2.65 bits per heavy atom. The zero-order chi connectivity index (χ0) is 18.5. The van der Waals surface area contributed by atoms with Crippen LogP contribution >= 0.6 is 39.0 Å². The van der Waals surface area contributed by atoms with Gasteiger partial charge in [0, 0.05) is 5.75 Å². The van der Waals surface area contributed by atoms with E-state index in [4.69, 9.17) is 4.42 Å². The van der Waals surface area contributed by atoms with E-state index in [2.05, 4.69) is 36.2 Å². The molecule has 7 nitrogen and oxygen atoms in total. The predicted octanol–water partition coefficient (Wildman–Crippen LogP) is 4.22. The molecular formula is C16H12BrN3O4S2. The maximum absolute atomic E-state index is 12.0. The van der Waals surface area contributed by atoms with Crippen LogP contribution in [0.3, 0.4) is 0 Å². The number of methoxy groups -OCH3 is 1. The molecular weight excluding hydrogens is 442 g/mol. The smallest absolute Gasteiger partial charge is 0.337 e. The summed E-state index contributed by atoms with van der Waals surface area (Å²) in [6, 6.07) is 10.4. The van der Waals surface area contributed by atoms with Gasteiger partial charge in [0.05, 0.1) is 12.7 Å². The van der Waals surface area contributed by atoms with Crippen molar-refractivity contribution in [2.45, 2.75) is 10.1 Å². The number of aromatic nitrogens is 2. The number of amides is 1. The van der Waals surface area contributed by atoms with Crippen molar-refractivity contribution in [2.75, 3.05) is 12.4 Å². The van der Waals surface area contributed by atoms with E-state index in [0.717, 1.165) is 9.90 Å². The average molecular weight is 454 g/mol. The first-order chi connectivity index (χ1) is 12.5. The molecule has 1 aromatic carbocycles. The standard InChI is InChI=1S/C16H12BrN3O4S2/c1-23-14(22)10-4-2-9(3-5-10)8-25-16-20-19-15(26-16)18-13(21)11-6-7-12(17)24-11/h2-7H,8H2,1H3,(H,18,19,21). The van der Waals surface area contributed by atoms with Crippen LogP contribution in [-0.4, -0.2) is 29.2 Å². The SMILES string of the molecule is COC(=O)c1ccc(CSc2nnc(NC(=O)c3ccc(Br)o3)s2)cc1. The van der Waals surface area contributed by atoms with Crippen LogP contribution in [-0.2, 0) is 10.5 Å². The van der Waals surface area contributed by atoms with Crippen LogP contribution in [0.4, 0.5) is 5.13 Å². The number of esters is 1. The Morgan fingerprint density at radius 1 is 1.23 bits per heavy atom. The van der Waals surface area contributed by atoms with E-state index in [0.29, 0.717) is 21.1 Å². The van der Waals surface area contributed by atoms with Crippen LogP contribution in [0, 0.1) is 0 Å². The molecule has 0 saturated heterocycles. The number of nitrogens with zero attached hydrogens (tertiary/aromatic N) is 2. The number of furan rings is 1. The van der Waals surface area contributed by atoms with E-state index in [1.54, 1.807) is 24.3 Å². The molecule has 134 valence electrons. The Balaban J connectivity index is 1.55. The maximum atomic E-state index is 12.0. The van der Waals surface area contributed by atoms with Crippen LogP contribution < -0.4 is 5.32 Å². The van der Waals surface area contributed by atoms with Crippen molar-refractivity contribution in [2.24, 2.45) is 0 Å². The van der Waals surface area contributed by atoms with Gasteiger partial charge >= 0.3 is 5.97 Å². The topological polar surface area (TPSA) is 94.3 Å². The highest BCUT2D eigenvalue weighted by atomic mass is 79.9. The normalized spacial score (nSPS) is 10.5. The molecule has 0 fully saturated rings. The van der Waals surface area contributed by atoms with Gasteiger partial charge in [-0.05, 0) is 45.8 Å². The highest BCUT2D eigenvalue weighted by Gasteiger charge is 2.14. The lowest BCUT2D eigenvalue weighted by Gasteiger charge is -2.01. The number of benzene rings is 1. The maximum Gasteiger partial charge on any atom is 0.337 e. The van der Waals surface area contributed by atoms with Crippen LogP contribution in [0.2, 0.25) is 0 Å². The van der Waals surface area contributed by atoms with Gasteiger partial charge in [-0.15, -0.1) is 10.2 Å². The van der Waals surface area contributed by atoms with E-state index in [1.165, 1.54) is 30.2 Å². The quantitative estimate of drug-likeness (QED) is 0.339. The van der Waals surface area contributed by atoms with E-state index >= 15 is 0 Å². The number of anilines is 1. The van der Waals surface area contributed by atoms with Gasteiger partial charge in [0.15, 0.2) is 14.8 Å². The first kappa shape index (κ1) is 18.6. The lowest BCUT2D eigenvalue weighted by atomic mass is 10.1. The van der Waals surface area contributed by atoms with Gasteiger partial charge in [-0.25, -0.2) is 4.79 Å². The largest absolute Gasteiger partial charge is 0.465 e. The number of nitrogens with one attached hydrogen (secondary N) is 1. The van der Waals surface area contributed by atoms with Crippen molar-refractivity contribution in [3.8, 4) is 0 Å². The van der Waals surface area contributed by atoms with E-state index < -0.39 is 0 Å². The molecule has 0 bridgehead atoms. The first-order valence-corrected chi connectivity index (χ1v) is 9.85. The van der Waals surface area contributed by atoms with E-state index in [1.807, 2.05) is 12.1 Å². The lowest BCUT2D eigenvalue weighted by molar-refractivity contribution is 0.0600. The Bertz CT molecular complexity index is 924. The second-order valence-electron chi connectivity index (χ2n) is 4.91. The number of carbonyl (C=O) groups excluding carboxylic acids is 2. The minimum atomic E-state index is -0.387. The Hall–Kier alpha value is -2.17. The molecule has 2 aromatic heterocycles. The molecule has 3 rings (SSSR count). The number of carbonyl (C=O) groups is 2. The molecule has 3 aromatic rings. The molecule has 26 heavy (non-hydrogen) atoms. The van der Waals surface area contributed by atoms with Crippen LogP contribution in [0.15, 0.2) is 49.8 Å². The second kappa shape index (κ2) is 8.47. The number of halogens is 1. The molecule has 0 aliphatic heterocycles. The number of hydrogen-bond donors (Lipinski definition) is 1. The Kier molecular flexibility index (Phi) is 6.07. The molecule has 0 radical (unpaired) electrons. The van der Waals surface area contributed by atoms with Gasteiger partial charge in [-0.2, -0.15) is 0 Å². The summed E-state index contributed by atoms with van der Waals surface area (Å²) in [5, 5.41) is 11.0. The fourth-order valence-electron chi connectivity index (χ4n) is 1.91. The van der Waals surface area contributed by atoms with E-state index in [-0.39, 0.29) is 17.6 Å². The lowest BCUT2D eigenvalue weighted by Crippen LogP contribution is -2.10. The number of hydrogen-bond acceptors (Lipinski definition) is 8. The molecule has 0 aliphatic carbocycles. The molecule has 10 heteroatoms. The van der Waals surface area contributed by atoms with Gasteiger partial charge in [-0.3, -0.25) is 10.1 Å². The summed E-state index contributed by atoms with van der Waals surface area (Å²) in [7, 11) is 1.35. The second-order valence-corrected chi connectivity index (χ2v) is 7.89. The first-order valence-electron chi connectivity index (χ1n) is 7.25. The summed E-state index contributed by atoms with van der Waals surface area (Å²) >= 11 is 5.91. The Morgan fingerprint density at radius 2 is 2.00 bits per heavy atom. The molecule has 1 amide bonds. The number of thioether (sulfide) groups is 1. The molecule has 1 N–H and O–H groups in total. The third kappa shape index (κ3) is 4.71. The molecule has 0 atom stereocenters. The average Bonchev–Trinajstić information content (AvgIpc) is 3.28. The Labute approximate surface area is 165 Å². The monoisotopic (exact) mass is 453 g/mol. The molecule has 0 unspecified atom stereocenters. The number of ether oxygens (including phenoxy) is 1. The molecule has 0 aliphatic rings. The van der Waals surface area contributed by atoms with Crippen molar-refractivity contribution in [3.63, 3.8) is 0 Å². The third-order valence-electron chi connectivity index (χ3n) is 3.16. The summed E-state index contributed by atoms with van der Waals surface area (Å²) in [4.78, 5) is 23.4. The highest BCUT2D eigenvalue weighted by Crippen LogP contribution is 2.28. The zero-order valence-corrected chi connectivity index (χ0v) is 16.6. The third-order valence-corrected chi connectivity index (χ3v) is 5.63. The zero-order valence-electron chi connectivity index (χ0n) is 13.4. The van der Waals surface area contributed by atoms with E-state index in [9.17, 15) is 9.59 Å². The van der Waals surface area contributed by atoms with Gasteiger partial charge in [0.2, 0.25) is 5.13 Å². The molecule has 0 saturated carbocycles.